The van der Waals surface area contributed by atoms with Gasteiger partial charge >= 0.3 is 6.03 Å². The number of methoxy groups -OCH3 is 1. The van der Waals surface area contributed by atoms with Crippen LogP contribution >= 0.6 is 0 Å². The normalized spacial score (nSPS) is 33.6. The zero-order valence-electron chi connectivity index (χ0n) is 15.1. The highest BCUT2D eigenvalue weighted by molar-refractivity contribution is 5.74. The lowest BCUT2D eigenvalue weighted by atomic mass is 9.53. The van der Waals surface area contributed by atoms with Crippen LogP contribution in [-0.4, -0.2) is 45.0 Å². The van der Waals surface area contributed by atoms with Crippen molar-refractivity contribution in [3.05, 3.63) is 0 Å². The Balaban J connectivity index is 1.26. The minimum Gasteiger partial charge on any atom is -0.382 e. The van der Waals surface area contributed by atoms with E-state index in [1.54, 1.807) is 7.11 Å². The Labute approximate surface area is 146 Å². The number of urea groups is 1. The molecule has 138 valence electrons. The summed E-state index contributed by atoms with van der Waals surface area (Å²) >= 11 is 0. The maximum atomic E-state index is 12.3. The van der Waals surface area contributed by atoms with Crippen molar-refractivity contribution in [3.63, 3.8) is 0 Å². The first kappa shape index (κ1) is 18.0. The van der Waals surface area contributed by atoms with Crippen LogP contribution in [0.3, 0.4) is 0 Å². The van der Waals surface area contributed by atoms with Crippen molar-refractivity contribution in [1.82, 2.24) is 10.6 Å². The van der Waals surface area contributed by atoms with Crippen LogP contribution in [-0.2, 0) is 9.47 Å². The molecule has 5 nitrogen and oxygen atoms in total. The van der Waals surface area contributed by atoms with Gasteiger partial charge in [-0.05, 0) is 75.5 Å². The van der Waals surface area contributed by atoms with E-state index in [-0.39, 0.29) is 11.6 Å². The molecular weight excluding hydrogens is 304 g/mol. The summed E-state index contributed by atoms with van der Waals surface area (Å²) in [6.07, 6.45) is 11.0. The van der Waals surface area contributed by atoms with Crippen molar-refractivity contribution in [2.75, 3.05) is 33.5 Å². The lowest BCUT2D eigenvalue weighted by Crippen LogP contribution is -2.61. The van der Waals surface area contributed by atoms with Gasteiger partial charge in [-0.15, -0.1) is 0 Å². The van der Waals surface area contributed by atoms with Crippen LogP contribution in [0.15, 0.2) is 0 Å². The first-order valence-electron chi connectivity index (χ1n) is 9.82. The van der Waals surface area contributed by atoms with E-state index in [1.807, 2.05) is 0 Å². The van der Waals surface area contributed by atoms with E-state index in [0.29, 0.717) is 13.2 Å². The molecular formula is C19H34N2O3. The highest BCUT2D eigenvalue weighted by atomic mass is 16.5. The van der Waals surface area contributed by atoms with E-state index < -0.39 is 0 Å². The van der Waals surface area contributed by atoms with Gasteiger partial charge in [0.1, 0.15) is 0 Å². The minimum atomic E-state index is 0.0493. The third-order valence-corrected chi connectivity index (χ3v) is 6.10. The standard InChI is InChI=1S/C19H34N2O3/c1-23-7-8-24-6-4-2-3-5-20-18(22)21-19-12-15-9-16(13-19)11-17(10-15)14-19/h15-17H,2-14H2,1H3,(H2,20,21,22). The van der Waals surface area contributed by atoms with E-state index in [2.05, 4.69) is 10.6 Å². The van der Waals surface area contributed by atoms with Gasteiger partial charge in [-0.25, -0.2) is 4.79 Å². The summed E-state index contributed by atoms with van der Waals surface area (Å²) in [5.41, 5.74) is 0.119. The summed E-state index contributed by atoms with van der Waals surface area (Å²) in [6.45, 7) is 2.87. The molecule has 0 spiro atoms. The Kier molecular flexibility index (Phi) is 6.39. The molecule has 0 heterocycles. The maximum Gasteiger partial charge on any atom is 0.315 e. The van der Waals surface area contributed by atoms with Crippen LogP contribution in [0.5, 0.6) is 0 Å². The third kappa shape index (κ3) is 4.85. The molecule has 4 bridgehead atoms. The molecule has 5 heteroatoms. The molecule has 0 saturated heterocycles. The van der Waals surface area contributed by atoms with Crippen molar-refractivity contribution < 1.29 is 14.3 Å². The fourth-order valence-electron chi connectivity index (χ4n) is 5.50. The molecule has 0 aromatic rings. The summed E-state index contributed by atoms with van der Waals surface area (Å²) in [5.74, 6) is 2.61. The topological polar surface area (TPSA) is 59.6 Å². The minimum absolute atomic E-state index is 0.0493. The van der Waals surface area contributed by atoms with Crippen LogP contribution < -0.4 is 10.6 Å². The summed E-state index contributed by atoms with van der Waals surface area (Å²) < 4.78 is 10.4. The quantitative estimate of drug-likeness (QED) is 0.602. The Morgan fingerprint density at radius 1 is 0.958 bits per heavy atom. The van der Waals surface area contributed by atoms with Gasteiger partial charge in [0.25, 0.3) is 0 Å². The van der Waals surface area contributed by atoms with E-state index >= 15 is 0 Å². The van der Waals surface area contributed by atoms with E-state index in [0.717, 1.165) is 50.2 Å². The van der Waals surface area contributed by atoms with E-state index in [9.17, 15) is 4.79 Å². The Hall–Kier alpha value is -0.810. The van der Waals surface area contributed by atoms with Gasteiger partial charge in [0.2, 0.25) is 0 Å². The first-order valence-corrected chi connectivity index (χ1v) is 9.82. The number of unbranched alkanes of at least 4 members (excludes halogenated alkanes) is 2. The Bertz CT molecular complexity index is 378. The molecule has 2 N–H and O–H groups in total. The number of ether oxygens (including phenoxy) is 2. The van der Waals surface area contributed by atoms with Gasteiger partial charge in [0.15, 0.2) is 0 Å². The SMILES string of the molecule is COCCOCCCCCNC(=O)NC12CC3CC(CC(C3)C1)C2. The molecule has 4 saturated carbocycles. The van der Waals surface area contributed by atoms with Crippen molar-refractivity contribution in [2.24, 2.45) is 17.8 Å². The predicted molar refractivity (Wildman–Crippen MR) is 94.0 cm³/mol. The molecule has 0 atom stereocenters. The molecule has 4 rings (SSSR count). The maximum absolute atomic E-state index is 12.3. The zero-order valence-corrected chi connectivity index (χ0v) is 15.1. The predicted octanol–water partition coefficient (Wildman–Crippen LogP) is 3.09. The van der Waals surface area contributed by atoms with Gasteiger partial charge in [-0.2, -0.15) is 0 Å². The number of amides is 2. The first-order chi connectivity index (χ1) is 11.7. The zero-order chi connectivity index (χ0) is 16.8. The van der Waals surface area contributed by atoms with Crippen LogP contribution in [0.2, 0.25) is 0 Å². The van der Waals surface area contributed by atoms with E-state index in [4.69, 9.17) is 9.47 Å². The lowest BCUT2D eigenvalue weighted by Gasteiger charge is -2.56. The summed E-state index contributed by atoms with van der Waals surface area (Å²) in [7, 11) is 1.68. The fraction of sp³-hybridized carbons (Fsp3) is 0.947. The molecule has 0 aliphatic heterocycles. The van der Waals surface area contributed by atoms with Crippen LogP contribution in [0.1, 0.15) is 57.8 Å². The van der Waals surface area contributed by atoms with E-state index in [1.165, 1.54) is 38.5 Å². The van der Waals surface area contributed by atoms with Gasteiger partial charge in [0.05, 0.1) is 13.2 Å². The third-order valence-electron chi connectivity index (χ3n) is 6.10. The molecule has 2 amide bonds. The number of carbonyl (C=O) groups is 1. The molecule has 4 aliphatic carbocycles. The van der Waals surface area contributed by atoms with Crippen molar-refractivity contribution >= 4 is 6.03 Å². The van der Waals surface area contributed by atoms with Gasteiger partial charge in [-0.1, -0.05) is 0 Å². The Morgan fingerprint density at radius 2 is 1.62 bits per heavy atom. The average molecular weight is 338 g/mol. The molecule has 0 unspecified atom stereocenters. The van der Waals surface area contributed by atoms with Gasteiger partial charge in [-0.3, -0.25) is 0 Å². The monoisotopic (exact) mass is 338 g/mol. The Morgan fingerprint density at radius 3 is 2.25 bits per heavy atom. The molecule has 0 aromatic heterocycles. The number of hydrogen-bond donors (Lipinski definition) is 2. The smallest absolute Gasteiger partial charge is 0.315 e. The second kappa shape index (κ2) is 8.52. The molecule has 4 aliphatic rings. The molecule has 24 heavy (non-hydrogen) atoms. The van der Waals surface area contributed by atoms with Crippen molar-refractivity contribution in [1.29, 1.82) is 0 Å². The van der Waals surface area contributed by atoms with Crippen LogP contribution in [0, 0.1) is 17.8 Å². The second-order valence-electron chi connectivity index (χ2n) is 8.24. The summed E-state index contributed by atoms with van der Waals surface area (Å²) in [5, 5.41) is 6.42. The largest absolute Gasteiger partial charge is 0.382 e. The molecule has 0 radical (unpaired) electrons. The number of carbonyl (C=O) groups excluding carboxylic acids is 1. The number of hydrogen-bond acceptors (Lipinski definition) is 3. The molecule has 4 fully saturated rings. The highest BCUT2D eigenvalue weighted by Gasteiger charge is 2.51. The van der Waals surface area contributed by atoms with Crippen molar-refractivity contribution in [2.45, 2.75) is 63.3 Å². The second-order valence-corrected chi connectivity index (χ2v) is 8.24. The van der Waals surface area contributed by atoms with Crippen LogP contribution in [0.25, 0.3) is 0 Å². The van der Waals surface area contributed by atoms with Crippen LogP contribution in [0.4, 0.5) is 4.79 Å². The van der Waals surface area contributed by atoms with Crippen molar-refractivity contribution in [3.8, 4) is 0 Å². The highest BCUT2D eigenvalue weighted by Crippen LogP contribution is 2.55. The summed E-state index contributed by atoms with van der Waals surface area (Å²) in [6, 6.07) is 0.0493. The lowest BCUT2D eigenvalue weighted by molar-refractivity contribution is -0.0135. The number of nitrogens with one attached hydrogen (secondary N) is 2. The molecule has 0 aromatic carbocycles. The summed E-state index contributed by atoms with van der Waals surface area (Å²) in [4.78, 5) is 12.3. The fourth-order valence-corrected chi connectivity index (χ4v) is 5.50. The van der Waals surface area contributed by atoms with Gasteiger partial charge < -0.3 is 20.1 Å². The van der Waals surface area contributed by atoms with Gasteiger partial charge in [0, 0.05) is 25.8 Å². The average Bonchev–Trinajstić information content (AvgIpc) is 2.51. The number of rotatable bonds is 10.